The first-order chi connectivity index (χ1) is 7.72. The molecule has 1 unspecified atom stereocenters. The summed E-state index contributed by atoms with van der Waals surface area (Å²) in [5.74, 6) is -0.623. The summed E-state index contributed by atoms with van der Waals surface area (Å²) in [6.45, 7) is 1.93. The molecule has 0 aliphatic rings. The van der Waals surface area contributed by atoms with E-state index in [1.165, 1.54) is 19.3 Å². The molecule has 4 heteroatoms. The normalized spacial score (nSPS) is 12.4. The molecule has 0 aliphatic carbocycles. The van der Waals surface area contributed by atoms with Gasteiger partial charge in [-0.1, -0.05) is 45.4 Å². The summed E-state index contributed by atoms with van der Waals surface area (Å²) < 4.78 is 4.61. The van der Waals surface area contributed by atoms with Crippen molar-refractivity contribution >= 4 is 5.97 Å². The molecule has 0 fully saturated rings. The van der Waals surface area contributed by atoms with Gasteiger partial charge < -0.3 is 14.9 Å². The molecule has 0 heterocycles. The van der Waals surface area contributed by atoms with Crippen LogP contribution in [0.4, 0.5) is 0 Å². The van der Waals surface area contributed by atoms with Crippen LogP contribution in [0, 0.1) is 0 Å². The Morgan fingerprint density at radius 2 is 1.81 bits per heavy atom. The van der Waals surface area contributed by atoms with Gasteiger partial charge in [0.05, 0.1) is 6.61 Å². The van der Waals surface area contributed by atoms with Crippen molar-refractivity contribution in [2.45, 2.75) is 58.0 Å². The highest BCUT2D eigenvalue weighted by molar-refractivity contribution is 5.74. The summed E-state index contributed by atoms with van der Waals surface area (Å²) >= 11 is 0. The SMILES string of the molecule is CCCCCCCCC(O)C(=O)OCCO. The smallest absolute Gasteiger partial charge is 0.335 e. The Balaban J connectivity index is 3.35. The van der Waals surface area contributed by atoms with E-state index >= 15 is 0 Å². The Morgan fingerprint density at radius 1 is 1.19 bits per heavy atom. The quantitative estimate of drug-likeness (QED) is 0.444. The first-order valence-electron chi connectivity index (χ1n) is 6.18. The molecular formula is C12H24O4. The van der Waals surface area contributed by atoms with Crippen LogP contribution in [0.25, 0.3) is 0 Å². The third-order valence-corrected chi connectivity index (χ3v) is 2.44. The van der Waals surface area contributed by atoms with Crippen LogP contribution >= 0.6 is 0 Å². The summed E-state index contributed by atoms with van der Waals surface area (Å²) in [4.78, 5) is 11.1. The van der Waals surface area contributed by atoms with Gasteiger partial charge in [0.2, 0.25) is 0 Å². The van der Waals surface area contributed by atoms with Crippen molar-refractivity contribution in [2.75, 3.05) is 13.2 Å². The molecule has 0 aliphatic heterocycles. The molecule has 0 saturated heterocycles. The van der Waals surface area contributed by atoms with Gasteiger partial charge in [-0.05, 0) is 6.42 Å². The maximum absolute atomic E-state index is 11.1. The van der Waals surface area contributed by atoms with Crippen molar-refractivity contribution in [3.05, 3.63) is 0 Å². The fraction of sp³-hybridized carbons (Fsp3) is 0.917. The van der Waals surface area contributed by atoms with Gasteiger partial charge in [0.25, 0.3) is 0 Å². The number of carbonyl (C=O) groups is 1. The minimum atomic E-state index is -1.03. The molecule has 0 bridgehead atoms. The number of aliphatic hydroxyl groups is 2. The molecule has 0 amide bonds. The number of aliphatic hydroxyl groups excluding tert-OH is 2. The van der Waals surface area contributed by atoms with E-state index in [4.69, 9.17) is 5.11 Å². The first kappa shape index (κ1) is 15.4. The topological polar surface area (TPSA) is 66.8 Å². The number of carbonyl (C=O) groups excluding carboxylic acids is 1. The van der Waals surface area contributed by atoms with Gasteiger partial charge in [-0.25, -0.2) is 4.79 Å². The van der Waals surface area contributed by atoms with Gasteiger partial charge in [0.15, 0.2) is 6.10 Å². The Hall–Kier alpha value is -0.610. The van der Waals surface area contributed by atoms with Gasteiger partial charge in [-0.2, -0.15) is 0 Å². The number of esters is 1. The van der Waals surface area contributed by atoms with Crippen LogP contribution in [0.1, 0.15) is 51.9 Å². The van der Waals surface area contributed by atoms with Crippen molar-refractivity contribution < 1.29 is 19.7 Å². The van der Waals surface area contributed by atoms with E-state index in [-0.39, 0.29) is 13.2 Å². The van der Waals surface area contributed by atoms with Crippen LogP contribution < -0.4 is 0 Å². The van der Waals surface area contributed by atoms with E-state index in [1.54, 1.807) is 0 Å². The molecule has 0 radical (unpaired) electrons. The lowest BCUT2D eigenvalue weighted by molar-refractivity contribution is -0.154. The maximum atomic E-state index is 11.1. The molecule has 0 rings (SSSR count). The van der Waals surface area contributed by atoms with Crippen molar-refractivity contribution in [3.8, 4) is 0 Å². The Labute approximate surface area is 97.6 Å². The molecule has 0 saturated carbocycles. The molecule has 0 aromatic rings. The maximum Gasteiger partial charge on any atom is 0.335 e. The standard InChI is InChI=1S/C12H24O4/c1-2-3-4-5-6-7-8-11(14)12(15)16-10-9-13/h11,13-14H,2-10H2,1H3. The second-order valence-corrected chi connectivity index (χ2v) is 3.96. The molecule has 1 atom stereocenters. The minimum Gasteiger partial charge on any atom is -0.461 e. The van der Waals surface area contributed by atoms with Crippen molar-refractivity contribution in [2.24, 2.45) is 0 Å². The van der Waals surface area contributed by atoms with Crippen LogP contribution in [0.5, 0.6) is 0 Å². The largest absolute Gasteiger partial charge is 0.461 e. The fourth-order valence-electron chi connectivity index (χ4n) is 1.48. The number of hydrogen-bond acceptors (Lipinski definition) is 4. The lowest BCUT2D eigenvalue weighted by Crippen LogP contribution is -2.24. The summed E-state index contributed by atoms with van der Waals surface area (Å²) in [6.07, 6.45) is 6.17. The molecule has 4 nitrogen and oxygen atoms in total. The molecule has 16 heavy (non-hydrogen) atoms. The van der Waals surface area contributed by atoms with Gasteiger partial charge in [-0.15, -0.1) is 0 Å². The highest BCUT2D eigenvalue weighted by atomic mass is 16.6. The predicted molar refractivity (Wildman–Crippen MR) is 62.0 cm³/mol. The number of unbranched alkanes of at least 4 members (excludes halogenated alkanes) is 5. The van der Waals surface area contributed by atoms with Gasteiger partial charge in [-0.3, -0.25) is 0 Å². The summed E-state index contributed by atoms with van der Waals surface area (Å²) in [5.41, 5.74) is 0. The van der Waals surface area contributed by atoms with Crippen LogP contribution in [0.2, 0.25) is 0 Å². The fourth-order valence-corrected chi connectivity index (χ4v) is 1.48. The molecule has 2 N–H and O–H groups in total. The summed E-state index contributed by atoms with van der Waals surface area (Å²) in [6, 6.07) is 0. The zero-order chi connectivity index (χ0) is 12.2. The zero-order valence-electron chi connectivity index (χ0n) is 10.2. The van der Waals surface area contributed by atoms with E-state index in [1.807, 2.05) is 0 Å². The Morgan fingerprint density at radius 3 is 2.44 bits per heavy atom. The lowest BCUT2D eigenvalue weighted by atomic mass is 10.1. The summed E-state index contributed by atoms with van der Waals surface area (Å²) in [7, 11) is 0. The number of rotatable bonds is 10. The van der Waals surface area contributed by atoms with E-state index < -0.39 is 12.1 Å². The average molecular weight is 232 g/mol. The monoisotopic (exact) mass is 232 g/mol. The molecule has 0 aromatic heterocycles. The average Bonchev–Trinajstić information content (AvgIpc) is 2.30. The van der Waals surface area contributed by atoms with Gasteiger partial charge in [0, 0.05) is 0 Å². The van der Waals surface area contributed by atoms with E-state index in [0.29, 0.717) is 6.42 Å². The number of ether oxygens (including phenoxy) is 1. The second kappa shape index (κ2) is 10.9. The minimum absolute atomic E-state index is 0.0353. The first-order valence-corrected chi connectivity index (χ1v) is 6.18. The third kappa shape index (κ3) is 8.68. The number of hydrogen-bond donors (Lipinski definition) is 2. The van der Waals surface area contributed by atoms with E-state index in [9.17, 15) is 9.90 Å². The third-order valence-electron chi connectivity index (χ3n) is 2.44. The van der Waals surface area contributed by atoms with E-state index in [0.717, 1.165) is 19.3 Å². The highest BCUT2D eigenvalue weighted by Crippen LogP contribution is 2.09. The predicted octanol–water partition coefficient (Wildman–Crippen LogP) is 1.63. The summed E-state index contributed by atoms with van der Waals surface area (Å²) in [5, 5.41) is 17.8. The molecule has 0 aromatic carbocycles. The van der Waals surface area contributed by atoms with Crippen LogP contribution in [0.15, 0.2) is 0 Å². The zero-order valence-corrected chi connectivity index (χ0v) is 10.2. The Bertz CT molecular complexity index is 170. The second-order valence-electron chi connectivity index (χ2n) is 3.96. The van der Waals surface area contributed by atoms with Gasteiger partial charge in [0.1, 0.15) is 6.61 Å². The molecule has 96 valence electrons. The van der Waals surface area contributed by atoms with Crippen LogP contribution in [-0.4, -0.2) is 35.5 Å². The molecular weight excluding hydrogens is 208 g/mol. The van der Waals surface area contributed by atoms with Crippen LogP contribution in [0.3, 0.4) is 0 Å². The van der Waals surface area contributed by atoms with Crippen molar-refractivity contribution in [1.29, 1.82) is 0 Å². The van der Waals surface area contributed by atoms with Crippen molar-refractivity contribution in [1.82, 2.24) is 0 Å². The van der Waals surface area contributed by atoms with Crippen molar-refractivity contribution in [3.63, 3.8) is 0 Å². The highest BCUT2D eigenvalue weighted by Gasteiger charge is 2.15. The van der Waals surface area contributed by atoms with E-state index in [2.05, 4.69) is 11.7 Å². The van der Waals surface area contributed by atoms with Gasteiger partial charge >= 0.3 is 5.97 Å². The lowest BCUT2D eigenvalue weighted by Gasteiger charge is -2.09. The molecule has 0 spiro atoms. The Kier molecular flexibility index (Phi) is 10.5. The van der Waals surface area contributed by atoms with Crippen LogP contribution in [-0.2, 0) is 9.53 Å².